The third-order valence-electron chi connectivity index (χ3n) is 3.81. The number of anilines is 1. The van der Waals surface area contributed by atoms with Crippen LogP contribution >= 0.6 is 11.6 Å². The summed E-state index contributed by atoms with van der Waals surface area (Å²) in [5.41, 5.74) is 0.726. The van der Waals surface area contributed by atoms with Gasteiger partial charge in [0.05, 0.1) is 19.7 Å². The number of hydrogen-bond acceptors (Lipinski definition) is 6. The molecule has 3 rings (SSSR count). The molecular weight excluding hydrogens is 304 g/mol. The molecule has 1 fully saturated rings. The number of rotatable bonds is 4. The highest BCUT2D eigenvalue weighted by molar-refractivity contribution is 6.28. The monoisotopic (exact) mass is 322 g/mol. The van der Waals surface area contributed by atoms with Gasteiger partial charge in [-0.3, -0.25) is 0 Å². The van der Waals surface area contributed by atoms with Gasteiger partial charge in [-0.05, 0) is 37.1 Å². The summed E-state index contributed by atoms with van der Waals surface area (Å²) in [4.78, 5) is 8.62. The number of halogens is 1. The van der Waals surface area contributed by atoms with Gasteiger partial charge in [0, 0.05) is 24.0 Å². The van der Waals surface area contributed by atoms with Crippen molar-refractivity contribution in [2.75, 3.05) is 32.6 Å². The van der Waals surface area contributed by atoms with Gasteiger partial charge in [0.1, 0.15) is 5.82 Å². The van der Waals surface area contributed by atoms with Crippen LogP contribution in [0.15, 0.2) is 12.1 Å². The van der Waals surface area contributed by atoms with Crippen molar-refractivity contribution < 1.29 is 9.47 Å². The number of nitrogens with zero attached hydrogens (tertiary/aromatic N) is 2. The highest BCUT2D eigenvalue weighted by Gasteiger charge is 2.17. The topological polar surface area (TPSA) is 68.3 Å². The van der Waals surface area contributed by atoms with Gasteiger partial charge in [-0.15, -0.1) is 0 Å². The van der Waals surface area contributed by atoms with Crippen LogP contribution in [-0.4, -0.2) is 43.3 Å². The van der Waals surface area contributed by atoms with Crippen LogP contribution in [0, 0.1) is 0 Å². The molecule has 1 aromatic carbocycles. The molecule has 1 atom stereocenters. The van der Waals surface area contributed by atoms with E-state index in [1.807, 2.05) is 12.1 Å². The van der Waals surface area contributed by atoms with Crippen molar-refractivity contribution in [1.82, 2.24) is 15.3 Å². The zero-order valence-corrected chi connectivity index (χ0v) is 13.4. The van der Waals surface area contributed by atoms with Gasteiger partial charge in [-0.25, -0.2) is 9.97 Å². The SMILES string of the molecule is COc1cc2nc(Cl)nc(N[C@@H]3CCCNC3)c2cc1OC. The third-order valence-corrected chi connectivity index (χ3v) is 3.98. The van der Waals surface area contributed by atoms with Crippen molar-refractivity contribution in [3.05, 3.63) is 17.4 Å². The van der Waals surface area contributed by atoms with E-state index < -0.39 is 0 Å². The fourth-order valence-corrected chi connectivity index (χ4v) is 2.88. The Hall–Kier alpha value is -1.79. The number of ether oxygens (including phenoxy) is 2. The van der Waals surface area contributed by atoms with Gasteiger partial charge in [-0.2, -0.15) is 0 Å². The molecule has 0 radical (unpaired) electrons. The van der Waals surface area contributed by atoms with Crippen LogP contribution in [0.1, 0.15) is 12.8 Å². The summed E-state index contributed by atoms with van der Waals surface area (Å²) in [5.74, 6) is 1.99. The summed E-state index contributed by atoms with van der Waals surface area (Å²) < 4.78 is 10.7. The molecule has 6 nitrogen and oxygen atoms in total. The lowest BCUT2D eigenvalue weighted by molar-refractivity contribution is 0.356. The number of benzene rings is 1. The number of fused-ring (bicyclic) bond motifs is 1. The molecule has 22 heavy (non-hydrogen) atoms. The lowest BCUT2D eigenvalue weighted by Crippen LogP contribution is -2.38. The van der Waals surface area contributed by atoms with Gasteiger partial charge < -0.3 is 20.1 Å². The number of aromatic nitrogens is 2. The van der Waals surface area contributed by atoms with Crippen LogP contribution in [0.4, 0.5) is 5.82 Å². The summed E-state index contributed by atoms with van der Waals surface area (Å²) >= 11 is 6.06. The predicted octanol–water partition coefficient (Wildman–Crippen LogP) is 2.46. The lowest BCUT2D eigenvalue weighted by Gasteiger charge is -2.25. The Morgan fingerprint density at radius 1 is 1.23 bits per heavy atom. The molecule has 1 aliphatic rings. The summed E-state index contributed by atoms with van der Waals surface area (Å²) in [6.45, 7) is 1.98. The van der Waals surface area contributed by atoms with E-state index in [1.54, 1.807) is 14.2 Å². The van der Waals surface area contributed by atoms with Gasteiger partial charge >= 0.3 is 0 Å². The first-order valence-electron chi connectivity index (χ1n) is 7.28. The van der Waals surface area contributed by atoms with Crippen molar-refractivity contribution in [2.45, 2.75) is 18.9 Å². The van der Waals surface area contributed by atoms with E-state index >= 15 is 0 Å². The van der Waals surface area contributed by atoms with Gasteiger partial charge in [0.2, 0.25) is 5.28 Å². The molecule has 2 aromatic rings. The van der Waals surface area contributed by atoms with Crippen LogP contribution in [0.3, 0.4) is 0 Å². The van der Waals surface area contributed by atoms with Crippen LogP contribution in [-0.2, 0) is 0 Å². The number of piperidine rings is 1. The number of methoxy groups -OCH3 is 2. The molecule has 7 heteroatoms. The fourth-order valence-electron chi connectivity index (χ4n) is 2.71. The molecule has 0 aliphatic carbocycles. The third kappa shape index (κ3) is 3.03. The smallest absolute Gasteiger partial charge is 0.224 e. The van der Waals surface area contributed by atoms with Crippen molar-refractivity contribution >= 4 is 28.3 Å². The second-order valence-electron chi connectivity index (χ2n) is 5.25. The maximum atomic E-state index is 6.06. The van der Waals surface area contributed by atoms with Gasteiger partial charge in [0.15, 0.2) is 11.5 Å². The van der Waals surface area contributed by atoms with E-state index in [0.29, 0.717) is 17.5 Å². The molecule has 2 heterocycles. The molecule has 0 spiro atoms. The molecule has 0 bridgehead atoms. The maximum absolute atomic E-state index is 6.06. The molecule has 0 saturated carbocycles. The quantitative estimate of drug-likeness (QED) is 0.843. The van der Waals surface area contributed by atoms with Crippen molar-refractivity contribution in [3.63, 3.8) is 0 Å². The fraction of sp³-hybridized carbons (Fsp3) is 0.467. The van der Waals surface area contributed by atoms with E-state index in [1.165, 1.54) is 0 Å². The lowest BCUT2D eigenvalue weighted by atomic mass is 10.1. The first-order chi connectivity index (χ1) is 10.7. The summed E-state index contributed by atoms with van der Waals surface area (Å²) in [7, 11) is 3.21. The number of hydrogen-bond donors (Lipinski definition) is 2. The average Bonchev–Trinajstić information content (AvgIpc) is 2.54. The molecule has 0 amide bonds. The van der Waals surface area contributed by atoms with E-state index in [2.05, 4.69) is 20.6 Å². The van der Waals surface area contributed by atoms with Crippen molar-refractivity contribution in [3.8, 4) is 11.5 Å². The summed E-state index contributed by atoms with van der Waals surface area (Å²) in [5, 5.41) is 7.92. The van der Waals surface area contributed by atoms with E-state index in [0.717, 1.165) is 42.7 Å². The Bertz CT molecular complexity index is 674. The van der Waals surface area contributed by atoms with Crippen LogP contribution in [0.25, 0.3) is 10.9 Å². The Morgan fingerprint density at radius 3 is 2.68 bits per heavy atom. The zero-order chi connectivity index (χ0) is 15.5. The van der Waals surface area contributed by atoms with Crippen LogP contribution in [0.2, 0.25) is 5.28 Å². The summed E-state index contributed by atoms with van der Waals surface area (Å²) in [6, 6.07) is 4.02. The average molecular weight is 323 g/mol. The Kier molecular flexibility index (Phi) is 4.49. The minimum absolute atomic E-state index is 0.214. The second kappa shape index (κ2) is 6.54. The van der Waals surface area contributed by atoms with Crippen molar-refractivity contribution in [1.29, 1.82) is 0 Å². The Balaban J connectivity index is 2.03. The molecule has 0 unspecified atom stereocenters. The second-order valence-corrected chi connectivity index (χ2v) is 5.59. The summed E-state index contributed by atoms with van der Waals surface area (Å²) in [6.07, 6.45) is 2.25. The van der Waals surface area contributed by atoms with E-state index in [4.69, 9.17) is 21.1 Å². The van der Waals surface area contributed by atoms with Crippen molar-refractivity contribution in [2.24, 2.45) is 0 Å². The standard InChI is InChI=1S/C15H19ClN4O2/c1-21-12-6-10-11(7-13(12)22-2)19-15(16)20-14(10)18-9-4-3-5-17-8-9/h6-7,9,17H,3-5,8H2,1-2H3,(H,18,19,20)/t9-/m1/s1. The van der Waals surface area contributed by atoms with Crippen LogP contribution in [0.5, 0.6) is 11.5 Å². The normalized spacial score (nSPS) is 18.2. The van der Waals surface area contributed by atoms with Crippen LogP contribution < -0.4 is 20.1 Å². The zero-order valence-electron chi connectivity index (χ0n) is 12.6. The first-order valence-corrected chi connectivity index (χ1v) is 7.65. The van der Waals surface area contributed by atoms with Gasteiger partial charge in [0.25, 0.3) is 0 Å². The maximum Gasteiger partial charge on any atom is 0.224 e. The highest BCUT2D eigenvalue weighted by Crippen LogP contribution is 2.34. The Labute approximate surface area is 134 Å². The predicted molar refractivity (Wildman–Crippen MR) is 87.2 cm³/mol. The molecule has 1 aromatic heterocycles. The largest absolute Gasteiger partial charge is 0.493 e. The Morgan fingerprint density at radius 2 is 2.00 bits per heavy atom. The molecule has 1 aliphatic heterocycles. The molecular formula is C15H19ClN4O2. The van der Waals surface area contributed by atoms with E-state index in [-0.39, 0.29) is 5.28 Å². The van der Waals surface area contributed by atoms with Gasteiger partial charge in [-0.1, -0.05) is 0 Å². The molecule has 118 valence electrons. The minimum atomic E-state index is 0.214. The minimum Gasteiger partial charge on any atom is -0.493 e. The van der Waals surface area contributed by atoms with E-state index in [9.17, 15) is 0 Å². The first kappa shape index (κ1) is 15.1. The highest BCUT2D eigenvalue weighted by atomic mass is 35.5. The number of nitrogens with one attached hydrogen (secondary N) is 2. The molecule has 2 N–H and O–H groups in total. The molecule has 1 saturated heterocycles.